The highest BCUT2D eigenvalue weighted by molar-refractivity contribution is 7.89. The molecular weight excluding hydrogens is 410 g/mol. The summed E-state index contributed by atoms with van der Waals surface area (Å²) < 4.78 is 54.1. The van der Waals surface area contributed by atoms with E-state index in [0.29, 0.717) is 32.0 Å². The van der Waals surface area contributed by atoms with E-state index < -0.39 is 26.6 Å². The largest absolute Gasteiger partial charge is 0.338 e. The maximum atomic E-state index is 14.0. The molecule has 1 heterocycles. The van der Waals surface area contributed by atoms with E-state index in [2.05, 4.69) is 0 Å². The normalized spacial score (nSPS) is 15.8. The van der Waals surface area contributed by atoms with E-state index in [1.54, 1.807) is 0 Å². The fourth-order valence-corrected chi connectivity index (χ4v) is 5.30. The van der Waals surface area contributed by atoms with Crippen LogP contribution in [0.2, 0.25) is 0 Å². The zero-order chi connectivity index (χ0) is 21.7. The lowest BCUT2D eigenvalue weighted by Gasteiger charge is -2.33. The predicted octanol–water partition coefficient (Wildman–Crippen LogP) is 3.80. The Kier molecular flexibility index (Phi) is 7.20. The highest BCUT2D eigenvalue weighted by Gasteiger charge is 2.35. The van der Waals surface area contributed by atoms with Gasteiger partial charge in [0.1, 0.15) is 16.5 Å². The standard InChI is InChI=1S/C22H26F2N2O3S/c1-2-12-25(16-17-6-4-3-5-7-17)22(27)18-10-13-26(14-11-18)30(28,29)21-15-19(23)8-9-20(21)24/h3-9,15,18H,2,10-14,16H2,1H3. The lowest BCUT2D eigenvalue weighted by Crippen LogP contribution is -2.44. The number of sulfonamides is 1. The van der Waals surface area contributed by atoms with Gasteiger partial charge in [-0.05, 0) is 43.0 Å². The molecule has 5 nitrogen and oxygen atoms in total. The Balaban J connectivity index is 1.67. The van der Waals surface area contributed by atoms with Gasteiger partial charge in [-0.3, -0.25) is 4.79 Å². The van der Waals surface area contributed by atoms with E-state index in [-0.39, 0.29) is 24.9 Å². The number of carbonyl (C=O) groups excluding carboxylic acids is 1. The van der Waals surface area contributed by atoms with Gasteiger partial charge in [0.05, 0.1) is 0 Å². The van der Waals surface area contributed by atoms with Gasteiger partial charge in [-0.15, -0.1) is 0 Å². The van der Waals surface area contributed by atoms with Crippen LogP contribution in [0.3, 0.4) is 0 Å². The van der Waals surface area contributed by atoms with Gasteiger partial charge in [0.15, 0.2) is 0 Å². The van der Waals surface area contributed by atoms with E-state index in [1.807, 2.05) is 42.2 Å². The van der Waals surface area contributed by atoms with E-state index in [9.17, 15) is 22.0 Å². The van der Waals surface area contributed by atoms with Crippen LogP contribution >= 0.6 is 0 Å². The lowest BCUT2D eigenvalue weighted by atomic mass is 9.96. The quantitative estimate of drug-likeness (QED) is 0.663. The average Bonchev–Trinajstić information content (AvgIpc) is 2.75. The van der Waals surface area contributed by atoms with Crippen molar-refractivity contribution in [2.24, 2.45) is 5.92 Å². The van der Waals surface area contributed by atoms with Crippen LogP contribution in [0.5, 0.6) is 0 Å². The number of benzene rings is 2. The van der Waals surface area contributed by atoms with Crippen LogP contribution < -0.4 is 0 Å². The number of carbonyl (C=O) groups is 1. The fourth-order valence-electron chi connectivity index (χ4n) is 3.76. The van der Waals surface area contributed by atoms with Gasteiger partial charge in [0, 0.05) is 32.1 Å². The minimum Gasteiger partial charge on any atom is -0.338 e. The number of rotatable bonds is 7. The van der Waals surface area contributed by atoms with Gasteiger partial charge >= 0.3 is 0 Å². The Labute approximate surface area is 176 Å². The van der Waals surface area contributed by atoms with Crippen molar-refractivity contribution in [2.45, 2.75) is 37.6 Å². The van der Waals surface area contributed by atoms with Gasteiger partial charge < -0.3 is 4.90 Å². The summed E-state index contributed by atoms with van der Waals surface area (Å²) in [5.74, 6) is -2.07. The molecule has 30 heavy (non-hydrogen) atoms. The number of piperidine rings is 1. The fraction of sp³-hybridized carbons (Fsp3) is 0.409. The SMILES string of the molecule is CCCN(Cc1ccccc1)C(=O)C1CCN(S(=O)(=O)c2cc(F)ccc2F)CC1. The van der Waals surface area contributed by atoms with E-state index >= 15 is 0 Å². The topological polar surface area (TPSA) is 57.7 Å². The molecule has 162 valence electrons. The molecule has 0 bridgehead atoms. The number of halogens is 2. The third-order valence-electron chi connectivity index (χ3n) is 5.34. The van der Waals surface area contributed by atoms with Crippen LogP contribution in [0.25, 0.3) is 0 Å². The summed E-state index contributed by atoms with van der Waals surface area (Å²) in [4.78, 5) is 14.2. The molecule has 1 amide bonds. The molecule has 0 saturated carbocycles. The van der Waals surface area contributed by atoms with E-state index in [1.165, 1.54) is 0 Å². The minimum absolute atomic E-state index is 0.00897. The highest BCUT2D eigenvalue weighted by atomic mass is 32.2. The molecule has 8 heteroatoms. The monoisotopic (exact) mass is 436 g/mol. The summed E-state index contributed by atoms with van der Waals surface area (Å²) in [5, 5.41) is 0. The van der Waals surface area contributed by atoms with Crippen molar-refractivity contribution in [3.05, 3.63) is 65.7 Å². The van der Waals surface area contributed by atoms with Gasteiger partial charge in [0.25, 0.3) is 0 Å². The summed E-state index contributed by atoms with van der Waals surface area (Å²) in [6.07, 6.45) is 1.53. The minimum atomic E-state index is -4.15. The summed E-state index contributed by atoms with van der Waals surface area (Å²) in [5.41, 5.74) is 1.04. The lowest BCUT2D eigenvalue weighted by molar-refractivity contribution is -0.137. The molecular formula is C22H26F2N2O3S. The van der Waals surface area contributed by atoms with E-state index in [0.717, 1.165) is 28.4 Å². The van der Waals surface area contributed by atoms with Crippen molar-refractivity contribution >= 4 is 15.9 Å². The molecule has 0 aliphatic carbocycles. The number of amides is 1. The molecule has 0 aromatic heterocycles. The molecule has 2 aromatic rings. The third kappa shape index (κ3) is 5.05. The molecule has 1 fully saturated rings. The number of nitrogens with zero attached hydrogens (tertiary/aromatic N) is 2. The maximum absolute atomic E-state index is 14.0. The van der Waals surface area contributed by atoms with Crippen LogP contribution in [0.15, 0.2) is 53.4 Å². The zero-order valence-corrected chi connectivity index (χ0v) is 17.7. The first-order valence-electron chi connectivity index (χ1n) is 10.1. The Morgan fingerprint density at radius 3 is 2.40 bits per heavy atom. The summed E-state index contributed by atoms with van der Waals surface area (Å²) in [6, 6.07) is 12.1. The first kappa shape index (κ1) is 22.4. The van der Waals surface area contributed by atoms with Crippen LogP contribution in [0.4, 0.5) is 8.78 Å². The molecule has 3 rings (SSSR count). The third-order valence-corrected chi connectivity index (χ3v) is 7.25. The average molecular weight is 437 g/mol. The number of hydrogen-bond acceptors (Lipinski definition) is 3. The second-order valence-electron chi connectivity index (χ2n) is 7.50. The van der Waals surface area contributed by atoms with Gasteiger partial charge in [0.2, 0.25) is 15.9 Å². The molecule has 0 atom stereocenters. The molecule has 0 unspecified atom stereocenters. The van der Waals surface area contributed by atoms with Crippen molar-refractivity contribution in [3.8, 4) is 0 Å². The predicted molar refractivity (Wildman–Crippen MR) is 110 cm³/mol. The first-order valence-corrected chi connectivity index (χ1v) is 11.5. The molecule has 1 aliphatic heterocycles. The van der Waals surface area contributed by atoms with Crippen LogP contribution in [-0.4, -0.2) is 43.2 Å². The van der Waals surface area contributed by atoms with Crippen LogP contribution in [0.1, 0.15) is 31.7 Å². The molecule has 0 radical (unpaired) electrons. The maximum Gasteiger partial charge on any atom is 0.246 e. The Hall–Kier alpha value is -2.32. The van der Waals surface area contributed by atoms with Crippen molar-refractivity contribution in [3.63, 3.8) is 0 Å². The van der Waals surface area contributed by atoms with Crippen molar-refractivity contribution < 1.29 is 22.0 Å². The summed E-state index contributed by atoms with van der Waals surface area (Å²) in [6.45, 7) is 3.34. The first-order chi connectivity index (χ1) is 14.3. The highest BCUT2D eigenvalue weighted by Crippen LogP contribution is 2.27. The molecule has 1 saturated heterocycles. The summed E-state index contributed by atoms with van der Waals surface area (Å²) >= 11 is 0. The second kappa shape index (κ2) is 9.66. The smallest absolute Gasteiger partial charge is 0.246 e. The van der Waals surface area contributed by atoms with Gasteiger partial charge in [-0.1, -0.05) is 37.3 Å². The Morgan fingerprint density at radius 2 is 1.77 bits per heavy atom. The Morgan fingerprint density at radius 1 is 1.10 bits per heavy atom. The van der Waals surface area contributed by atoms with Crippen LogP contribution in [-0.2, 0) is 21.4 Å². The molecule has 2 aromatic carbocycles. The van der Waals surface area contributed by atoms with Crippen molar-refractivity contribution in [2.75, 3.05) is 19.6 Å². The van der Waals surface area contributed by atoms with E-state index in [4.69, 9.17) is 0 Å². The molecule has 0 spiro atoms. The Bertz CT molecular complexity index is 975. The zero-order valence-electron chi connectivity index (χ0n) is 16.9. The van der Waals surface area contributed by atoms with Crippen LogP contribution in [0, 0.1) is 17.6 Å². The summed E-state index contributed by atoms with van der Waals surface area (Å²) in [7, 11) is -4.15. The molecule has 1 aliphatic rings. The molecule has 0 N–H and O–H groups in total. The van der Waals surface area contributed by atoms with Gasteiger partial charge in [-0.25, -0.2) is 17.2 Å². The second-order valence-corrected chi connectivity index (χ2v) is 9.40. The number of hydrogen-bond donors (Lipinski definition) is 0. The van der Waals surface area contributed by atoms with Crippen molar-refractivity contribution in [1.29, 1.82) is 0 Å². The van der Waals surface area contributed by atoms with Gasteiger partial charge in [-0.2, -0.15) is 4.31 Å². The van der Waals surface area contributed by atoms with Crippen molar-refractivity contribution in [1.82, 2.24) is 9.21 Å².